The standard InChI is InChI=1S/C15H18N2/c1-10(2)13-7-14(15(3,4)5)12(9-17)6-11(13)8-16/h6-7,10H,1-5H3. The summed E-state index contributed by atoms with van der Waals surface area (Å²) in [5.41, 5.74) is 3.19. The Hall–Kier alpha value is -1.80. The highest BCUT2D eigenvalue weighted by Gasteiger charge is 2.21. The molecular formula is C15H18N2. The molecule has 0 saturated carbocycles. The highest BCUT2D eigenvalue weighted by Crippen LogP contribution is 2.31. The van der Waals surface area contributed by atoms with Gasteiger partial charge < -0.3 is 0 Å². The van der Waals surface area contributed by atoms with E-state index < -0.39 is 0 Å². The van der Waals surface area contributed by atoms with Gasteiger partial charge in [0.15, 0.2) is 0 Å². The second-order valence-corrected chi connectivity index (χ2v) is 5.61. The molecule has 0 heterocycles. The lowest BCUT2D eigenvalue weighted by molar-refractivity contribution is 0.586. The molecule has 17 heavy (non-hydrogen) atoms. The van der Waals surface area contributed by atoms with Gasteiger partial charge in [-0.15, -0.1) is 0 Å². The first-order valence-electron chi connectivity index (χ1n) is 5.80. The first-order valence-corrected chi connectivity index (χ1v) is 5.80. The van der Waals surface area contributed by atoms with Crippen LogP contribution >= 0.6 is 0 Å². The predicted molar refractivity (Wildman–Crippen MR) is 68.7 cm³/mol. The quantitative estimate of drug-likeness (QED) is 0.730. The second kappa shape index (κ2) is 4.60. The average Bonchev–Trinajstić information content (AvgIpc) is 2.25. The molecule has 0 saturated heterocycles. The van der Waals surface area contributed by atoms with Crippen molar-refractivity contribution in [2.45, 2.75) is 46.0 Å². The molecule has 0 unspecified atom stereocenters. The van der Waals surface area contributed by atoms with E-state index in [4.69, 9.17) is 5.26 Å². The van der Waals surface area contributed by atoms with E-state index >= 15 is 0 Å². The van der Waals surface area contributed by atoms with Crippen molar-refractivity contribution in [3.63, 3.8) is 0 Å². The van der Waals surface area contributed by atoms with Crippen molar-refractivity contribution in [1.82, 2.24) is 0 Å². The maximum absolute atomic E-state index is 9.17. The SMILES string of the molecule is CC(C)c1cc(C(C)(C)C)c(C#N)cc1C#N. The van der Waals surface area contributed by atoms with Crippen LogP contribution in [0.25, 0.3) is 0 Å². The highest BCUT2D eigenvalue weighted by molar-refractivity contribution is 5.52. The molecule has 1 rings (SSSR count). The van der Waals surface area contributed by atoms with Gasteiger partial charge in [-0.1, -0.05) is 40.7 Å². The minimum absolute atomic E-state index is 0.0807. The van der Waals surface area contributed by atoms with Crippen LogP contribution in [0.1, 0.15) is 62.8 Å². The number of hydrogen-bond donors (Lipinski definition) is 0. The van der Waals surface area contributed by atoms with Gasteiger partial charge in [-0.3, -0.25) is 0 Å². The molecule has 2 nitrogen and oxygen atoms in total. The Morgan fingerprint density at radius 1 is 1.00 bits per heavy atom. The van der Waals surface area contributed by atoms with E-state index in [1.165, 1.54) is 0 Å². The average molecular weight is 226 g/mol. The van der Waals surface area contributed by atoms with Crippen LogP contribution in [0.4, 0.5) is 0 Å². The molecule has 0 aliphatic rings. The third-order valence-electron chi connectivity index (χ3n) is 2.86. The van der Waals surface area contributed by atoms with E-state index in [-0.39, 0.29) is 5.41 Å². The van der Waals surface area contributed by atoms with Crippen molar-refractivity contribution in [2.24, 2.45) is 0 Å². The van der Waals surface area contributed by atoms with Gasteiger partial charge in [0.25, 0.3) is 0 Å². The van der Waals surface area contributed by atoms with E-state index in [1.807, 2.05) is 6.07 Å². The van der Waals surface area contributed by atoms with Crippen LogP contribution in [-0.4, -0.2) is 0 Å². The lowest BCUT2D eigenvalue weighted by Crippen LogP contribution is -2.14. The Labute approximate surface area is 104 Å². The molecule has 0 atom stereocenters. The zero-order chi connectivity index (χ0) is 13.2. The van der Waals surface area contributed by atoms with Gasteiger partial charge in [-0.05, 0) is 28.5 Å². The fourth-order valence-electron chi connectivity index (χ4n) is 1.90. The van der Waals surface area contributed by atoms with Gasteiger partial charge >= 0.3 is 0 Å². The predicted octanol–water partition coefficient (Wildman–Crippen LogP) is 3.85. The highest BCUT2D eigenvalue weighted by atomic mass is 14.3. The van der Waals surface area contributed by atoms with Crippen molar-refractivity contribution < 1.29 is 0 Å². The maximum Gasteiger partial charge on any atom is 0.0995 e. The smallest absolute Gasteiger partial charge is 0.0995 e. The zero-order valence-electron chi connectivity index (χ0n) is 11.1. The largest absolute Gasteiger partial charge is 0.192 e. The second-order valence-electron chi connectivity index (χ2n) is 5.61. The fraction of sp³-hybridized carbons (Fsp3) is 0.467. The van der Waals surface area contributed by atoms with Gasteiger partial charge in [0.05, 0.1) is 23.3 Å². The van der Waals surface area contributed by atoms with E-state index in [2.05, 4.69) is 46.8 Å². The summed E-state index contributed by atoms with van der Waals surface area (Å²) in [6.07, 6.45) is 0. The molecule has 0 aromatic heterocycles. The lowest BCUT2D eigenvalue weighted by Gasteiger charge is -2.23. The summed E-state index contributed by atoms with van der Waals surface area (Å²) >= 11 is 0. The molecule has 0 aliphatic carbocycles. The molecular weight excluding hydrogens is 208 g/mol. The molecule has 0 amide bonds. The molecule has 2 heteroatoms. The first-order chi connectivity index (χ1) is 7.81. The van der Waals surface area contributed by atoms with Crippen molar-refractivity contribution in [3.8, 4) is 12.1 Å². The van der Waals surface area contributed by atoms with Crippen molar-refractivity contribution in [2.75, 3.05) is 0 Å². The van der Waals surface area contributed by atoms with Crippen LogP contribution in [0.15, 0.2) is 12.1 Å². The Morgan fingerprint density at radius 3 is 1.88 bits per heavy atom. The molecule has 1 aromatic rings. The van der Waals surface area contributed by atoms with E-state index in [0.717, 1.165) is 11.1 Å². The van der Waals surface area contributed by atoms with Crippen LogP contribution in [-0.2, 0) is 5.41 Å². The third kappa shape index (κ3) is 2.66. The molecule has 0 fully saturated rings. The topological polar surface area (TPSA) is 47.6 Å². The number of benzene rings is 1. The van der Waals surface area contributed by atoms with Crippen LogP contribution in [0.5, 0.6) is 0 Å². The zero-order valence-corrected chi connectivity index (χ0v) is 11.1. The van der Waals surface area contributed by atoms with Gasteiger partial charge in [-0.2, -0.15) is 10.5 Å². The minimum Gasteiger partial charge on any atom is -0.192 e. The monoisotopic (exact) mass is 226 g/mol. The summed E-state index contributed by atoms with van der Waals surface area (Å²) < 4.78 is 0. The molecule has 0 bridgehead atoms. The summed E-state index contributed by atoms with van der Waals surface area (Å²) in [4.78, 5) is 0. The Balaban J connectivity index is 3.59. The number of nitriles is 2. The summed E-state index contributed by atoms with van der Waals surface area (Å²) in [7, 11) is 0. The van der Waals surface area contributed by atoms with E-state index in [0.29, 0.717) is 17.0 Å². The molecule has 0 N–H and O–H groups in total. The summed E-state index contributed by atoms with van der Waals surface area (Å²) in [6, 6.07) is 8.10. The molecule has 0 aliphatic heterocycles. The number of rotatable bonds is 1. The van der Waals surface area contributed by atoms with Crippen LogP contribution in [0, 0.1) is 22.7 Å². The van der Waals surface area contributed by atoms with E-state index in [9.17, 15) is 5.26 Å². The molecule has 0 spiro atoms. The fourth-order valence-corrected chi connectivity index (χ4v) is 1.90. The van der Waals surface area contributed by atoms with Crippen LogP contribution in [0.3, 0.4) is 0 Å². The van der Waals surface area contributed by atoms with Crippen molar-refractivity contribution >= 4 is 0 Å². The summed E-state index contributed by atoms with van der Waals surface area (Å²) in [5, 5.41) is 18.3. The summed E-state index contributed by atoms with van der Waals surface area (Å²) in [6.45, 7) is 10.4. The molecule has 0 radical (unpaired) electrons. The van der Waals surface area contributed by atoms with Gasteiger partial charge in [-0.25, -0.2) is 0 Å². The van der Waals surface area contributed by atoms with Crippen molar-refractivity contribution in [3.05, 3.63) is 34.4 Å². The number of nitrogens with zero attached hydrogens (tertiary/aromatic N) is 2. The molecule has 1 aromatic carbocycles. The van der Waals surface area contributed by atoms with Crippen LogP contribution < -0.4 is 0 Å². The first kappa shape index (κ1) is 13.3. The molecule has 88 valence electrons. The normalized spacial score (nSPS) is 11.1. The van der Waals surface area contributed by atoms with Gasteiger partial charge in [0, 0.05) is 0 Å². The lowest BCUT2D eigenvalue weighted by atomic mass is 9.80. The maximum atomic E-state index is 9.17. The Kier molecular flexibility index (Phi) is 3.59. The Morgan fingerprint density at radius 2 is 1.53 bits per heavy atom. The van der Waals surface area contributed by atoms with Gasteiger partial charge in [0.2, 0.25) is 0 Å². The number of hydrogen-bond acceptors (Lipinski definition) is 2. The Bertz CT molecular complexity index is 505. The van der Waals surface area contributed by atoms with Crippen LogP contribution in [0.2, 0.25) is 0 Å². The van der Waals surface area contributed by atoms with Crippen molar-refractivity contribution in [1.29, 1.82) is 10.5 Å². The summed E-state index contributed by atoms with van der Waals surface area (Å²) in [5.74, 6) is 0.290. The minimum atomic E-state index is -0.0807. The van der Waals surface area contributed by atoms with E-state index in [1.54, 1.807) is 6.07 Å². The van der Waals surface area contributed by atoms with Gasteiger partial charge in [0.1, 0.15) is 0 Å². The third-order valence-corrected chi connectivity index (χ3v) is 2.86.